The molecule has 1 unspecified atom stereocenters. The number of rotatable bonds is 2. The molecule has 0 bridgehead atoms. The van der Waals surface area contributed by atoms with Crippen molar-refractivity contribution in [1.82, 2.24) is 0 Å². The molecule has 0 radical (unpaired) electrons. The van der Waals surface area contributed by atoms with Gasteiger partial charge in [0.25, 0.3) is 0 Å². The first kappa shape index (κ1) is 11.7. The molecule has 2 aromatic carbocycles. The van der Waals surface area contributed by atoms with Gasteiger partial charge in [0, 0.05) is 5.56 Å². The van der Waals surface area contributed by atoms with E-state index in [1.54, 1.807) is 6.26 Å². The summed E-state index contributed by atoms with van der Waals surface area (Å²) in [6.45, 7) is 1.95. The lowest BCUT2D eigenvalue weighted by atomic mass is 9.93. The van der Waals surface area contributed by atoms with Gasteiger partial charge in [0.2, 0.25) is 0 Å². The van der Waals surface area contributed by atoms with Gasteiger partial charge in [-0.2, -0.15) is 0 Å². The van der Waals surface area contributed by atoms with Crippen molar-refractivity contribution in [1.29, 1.82) is 0 Å². The van der Waals surface area contributed by atoms with Crippen molar-refractivity contribution in [3.8, 4) is 0 Å². The molecule has 1 aliphatic carbocycles. The topological polar surface area (TPSA) is 39.2 Å². The first-order valence-corrected chi connectivity index (χ1v) is 7.08. The van der Waals surface area contributed by atoms with Crippen molar-refractivity contribution in [2.75, 3.05) is 0 Å². The van der Waals surface area contributed by atoms with Crippen LogP contribution in [0.4, 0.5) is 0 Å². The minimum absolute atomic E-state index is 0.127. The monoisotopic (exact) mass is 263 g/mol. The minimum atomic E-state index is -0.127. The molecule has 0 amide bonds. The molecule has 2 nitrogen and oxygen atoms in total. The van der Waals surface area contributed by atoms with E-state index in [-0.39, 0.29) is 6.04 Å². The summed E-state index contributed by atoms with van der Waals surface area (Å²) in [7, 11) is 0. The van der Waals surface area contributed by atoms with E-state index in [1.807, 2.05) is 13.0 Å². The maximum atomic E-state index is 6.46. The van der Waals surface area contributed by atoms with E-state index in [0.717, 1.165) is 24.2 Å². The molecule has 1 heterocycles. The van der Waals surface area contributed by atoms with Gasteiger partial charge in [0.1, 0.15) is 5.76 Å². The van der Waals surface area contributed by atoms with Gasteiger partial charge in [-0.05, 0) is 53.3 Å². The Morgan fingerprint density at radius 1 is 1.10 bits per heavy atom. The molecule has 2 heteroatoms. The Hall–Kier alpha value is -2.06. The van der Waals surface area contributed by atoms with Crippen LogP contribution in [0.1, 0.15) is 34.1 Å². The van der Waals surface area contributed by atoms with E-state index < -0.39 is 0 Å². The fourth-order valence-corrected chi connectivity index (χ4v) is 3.35. The smallest absolute Gasteiger partial charge is 0.101 e. The standard InChI is InChI=1S/C18H17NO/c1-11-9-14(10-20-11)18(19)16-8-7-13-6-5-12-3-2-4-15(16)17(12)13/h2-4,7-10,18H,5-6,19H2,1H3. The average molecular weight is 263 g/mol. The van der Waals surface area contributed by atoms with Crippen LogP contribution in [0.5, 0.6) is 0 Å². The van der Waals surface area contributed by atoms with Crippen LogP contribution >= 0.6 is 0 Å². The van der Waals surface area contributed by atoms with Crippen LogP contribution in [-0.4, -0.2) is 0 Å². The summed E-state index contributed by atoms with van der Waals surface area (Å²) in [5.74, 6) is 0.904. The van der Waals surface area contributed by atoms with Gasteiger partial charge in [-0.25, -0.2) is 0 Å². The summed E-state index contributed by atoms with van der Waals surface area (Å²) < 4.78 is 5.40. The van der Waals surface area contributed by atoms with E-state index in [1.165, 1.54) is 27.5 Å². The zero-order chi connectivity index (χ0) is 13.7. The maximum absolute atomic E-state index is 6.46. The Bertz CT molecular complexity index is 790. The highest BCUT2D eigenvalue weighted by Crippen LogP contribution is 2.36. The van der Waals surface area contributed by atoms with Gasteiger partial charge in [-0.15, -0.1) is 0 Å². The van der Waals surface area contributed by atoms with Gasteiger partial charge in [0.05, 0.1) is 12.3 Å². The molecule has 0 saturated carbocycles. The Morgan fingerprint density at radius 2 is 1.90 bits per heavy atom. The lowest BCUT2D eigenvalue weighted by Gasteiger charge is -2.14. The third-order valence-electron chi connectivity index (χ3n) is 4.36. The Labute approximate surface area is 118 Å². The molecule has 4 rings (SSSR count). The largest absolute Gasteiger partial charge is 0.469 e. The number of hydrogen-bond acceptors (Lipinski definition) is 2. The number of hydrogen-bond donors (Lipinski definition) is 1. The highest BCUT2D eigenvalue weighted by molar-refractivity contribution is 5.93. The maximum Gasteiger partial charge on any atom is 0.101 e. The summed E-state index contributed by atoms with van der Waals surface area (Å²) in [6.07, 6.45) is 4.07. The van der Waals surface area contributed by atoms with Crippen molar-refractivity contribution in [2.45, 2.75) is 25.8 Å². The Balaban J connectivity index is 1.93. The van der Waals surface area contributed by atoms with Crippen molar-refractivity contribution in [3.05, 3.63) is 70.7 Å². The molecule has 20 heavy (non-hydrogen) atoms. The SMILES string of the molecule is Cc1cc(C(N)c2ccc3c4c(cccc24)CC3)co1. The van der Waals surface area contributed by atoms with E-state index in [2.05, 4.69) is 30.3 Å². The second kappa shape index (κ2) is 4.22. The first-order valence-electron chi connectivity index (χ1n) is 7.08. The van der Waals surface area contributed by atoms with Crippen molar-refractivity contribution in [3.63, 3.8) is 0 Å². The molecule has 1 atom stereocenters. The molecule has 1 aliphatic rings. The fourth-order valence-electron chi connectivity index (χ4n) is 3.35. The molecule has 1 aromatic heterocycles. The summed E-state index contributed by atoms with van der Waals surface area (Å²) >= 11 is 0. The normalized spacial score (nSPS) is 14.9. The molecule has 0 spiro atoms. The number of nitrogens with two attached hydrogens (primary N) is 1. The summed E-state index contributed by atoms with van der Waals surface area (Å²) in [6, 6.07) is 12.9. The first-order chi connectivity index (χ1) is 9.74. The predicted molar refractivity (Wildman–Crippen MR) is 80.8 cm³/mol. The number of benzene rings is 2. The lowest BCUT2D eigenvalue weighted by molar-refractivity contribution is 0.530. The van der Waals surface area contributed by atoms with Gasteiger partial charge >= 0.3 is 0 Å². The second-order valence-corrected chi connectivity index (χ2v) is 5.62. The molecule has 0 aliphatic heterocycles. The predicted octanol–water partition coefficient (Wildman–Crippen LogP) is 3.89. The zero-order valence-corrected chi connectivity index (χ0v) is 11.5. The highest BCUT2D eigenvalue weighted by Gasteiger charge is 2.19. The summed E-state index contributed by atoms with van der Waals surface area (Å²) in [5, 5.41) is 2.71. The van der Waals surface area contributed by atoms with Crippen LogP contribution in [0.2, 0.25) is 0 Å². The van der Waals surface area contributed by atoms with Crippen LogP contribution in [-0.2, 0) is 12.8 Å². The molecule has 100 valence electrons. The molecule has 2 N–H and O–H groups in total. The zero-order valence-electron chi connectivity index (χ0n) is 11.5. The van der Waals surface area contributed by atoms with E-state index >= 15 is 0 Å². The van der Waals surface area contributed by atoms with Crippen LogP contribution in [0.15, 0.2) is 47.1 Å². The van der Waals surface area contributed by atoms with Gasteiger partial charge in [-0.3, -0.25) is 0 Å². The highest BCUT2D eigenvalue weighted by atomic mass is 16.3. The van der Waals surface area contributed by atoms with Gasteiger partial charge in [0.15, 0.2) is 0 Å². The van der Waals surface area contributed by atoms with Crippen LogP contribution in [0.25, 0.3) is 10.8 Å². The summed E-state index contributed by atoms with van der Waals surface area (Å²) in [4.78, 5) is 0. The molecule has 0 fully saturated rings. The molecular formula is C18H17NO. The summed E-state index contributed by atoms with van der Waals surface area (Å²) in [5.41, 5.74) is 11.6. The number of furan rings is 1. The quantitative estimate of drug-likeness (QED) is 0.762. The van der Waals surface area contributed by atoms with Crippen LogP contribution in [0, 0.1) is 6.92 Å². The van der Waals surface area contributed by atoms with E-state index in [0.29, 0.717) is 0 Å². The third kappa shape index (κ3) is 1.61. The van der Waals surface area contributed by atoms with Crippen LogP contribution < -0.4 is 5.73 Å². The fraction of sp³-hybridized carbons (Fsp3) is 0.222. The van der Waals surface area contributed by atoms with Crippen molar-refractivity contribution < 1.29 is 4.42 Å². The number of aryl methyl sites for hydroxylation is 3. The van der Waals surface area contributed by atoms with Crippen LogP contribution in [0.3, 0.4) is 0 Å². The molecular weight excluding hydrogens is 246 g/mol. The Kier molecular flexibility index (Phi) is 2.48. The van der Waals surface area contributed by atoms with Crippen molar-refractivity contribution in [2.24, 2.45) is 5.73 Å². The van der Waals surface area contributed by atoms with E-state index in [9.17, 15) is 0 Å². The second-order valence-electron chi connectivity index (χ2n) is 5.62. The molecule has 0 saturated heterocycles. The third-order valence-corrected chi connectivity index (χ3v) is 4.36. The lowest BCUT2D eigenvalue weighted by Crippen LogP contribution is -2.11. The van der Waals surface area contributed by atoms with Crippen molar-refractivity contribution >= 4 is 10.8 Å². The van der Waals surface area contributed by atoms with Gasteiger partial charge < -0.3 is 10.2 Å². The van der Waals surface area contributed by atoms with E-state index in [4.69, 9.17) is 10.2 Å². The van der Waals surface area contributed by atoms with Gasteiger partial charge in [-0.1, -0.05) is 30.3 Å². The Morgan fingerprint density at radius 3 is 2.65 bits per heavy atom. The molecule has 3 aromatic rings. The minimum Gasteiger partial charge on any atom is -0.469 e. The average Bonchev–Trinajstić information content (AvgIpc) is 3.07.